The van der Waals surface area contributed by atoms with Crippen LogP contribution in [0.5, 0.6) is 0 Å². The van der Waals surface area contributed by atoms with E-state index in [1.54, 1.807) is 32.9 Å². The summed E-state index contributed by atoms with van der Waals surface area (Å²) in [6.45, 7) is 7.02. The predicted molar refractivity (Wildman–Crippen MR) is 71.5 cm³/mol. The van der Waals surface area contributed by atoms with E-state index in [0.29, 0.717) is 5.56 Å². The first-order chi connectivity index (χ1) is 8.74. The molecule has 0 spiro atoms. The Morgan fingerprint density at radius 1 is 1.21 bits per heavy atom. The van der Waals surface area contributed by atoms with Gasteiger partial charge in [-0.3, -0.25) is 0 Å². The molecule has 0 amide bonds. The van der Waals surface area contributed by atoms with Crippen LogP contribution < -0.4 is 0 Å². The van der Waals surface area contributed by atoms with Crippen molar-refractivity contribution in [3.63, 3.8) is 0 Å². The van der Waals surface area contributed by atoms with E-state index >= 15 is 0 Å². The smallest absolute Gasteiger partial charge is 0.163 e. The van der Waals surface area contributed by atoms with E-state index in [-0.39, 0.29) is 6.10 Å². The molecular weight excluding hydrogens is 244 g/mol. The molecule has 0 aromatic heterocycles. The monoisotopic (exact) mass is 266 g/mol. The highest BCUT2D eigenvalue weighted by molar-refractivity contribution is 5.21. The zero-order valence-electron chi connectivity index (χ0n) is 11.8. The van der Waals surface area contributed by atoms with Crippen LogP contribution >= 0.6 is 0 Å². The van der Waals surface area contributed by atoms with Gasteiger partial charge in [-0.2, -0.15) is 0 Å². The van der Waals surface area contributed by atoms with Crippen LogP contribution in [0.25, 0.3) is 0 Å². The van der Waals surface area contributed by atoms with Crippen molar-refractivity contribution < 1.29 is 19.7 Å². The first-order valence-corrected chi connectivity index (χ1v) is 6.55. The minimum Gasteiger partial charge on any atom is -0.385 e. The molecule has 19 heavy (non-hydrogen) atoms. The third-order valence-corrected chi connectivity index (χ3v) is 3.55. The minimum atomic E-state index is -1.42. The quantitative estimate of drug-likeness (QED) is 0.878. The topological polar surface area (TPSA) is 58.9 Å². The molecule has 1 aromatic rings. The Hall–Kier alpha value is -0.940. The summed E-state index contributed by atoms with van der Waals surface area (Å²) in [4.78, 5) is 0. The summed E-state index contributed by atoms with van der Waals surface area (Å²) >= 11 is 0. The van der Waals surface area contributed by atoms with Crippen molar-refractivity contribution in [2.75, 3.05) is 0 Å². The molecule has 2 N–H and O–H groups in total. The second-order valence-electron chi connectivity index (χ2n) is 5.80. The molecule has 2 rings (SSSR count). The highest BCUT2D eigenvalue weighted by atomic mass is 16.8. The largest absolute Gasteiger partial charge is 0.385 e. The number of hydrogen-bond acceptors (Lipinski definition) is 4. The van der Waals surface area contributed by atoms with Crippen molar-refractivity contribution in [1.82, 2.24) is 0 Å². The molecule has 1 aliphatic rings. The molecule has 1 saturated heterocycles. The van der Waals surface area contributed by atoms with Gasteiger partial charge in [-0.1, -0.05) is 30.3 Å². The number of rotatable bonds is 3. The fraction of sp³-hybridized carbons (Fsp3) is 0.600. The Kier molecular flexibility index (Phi) is 3.71. The van der Waals surface area contributed by atoms with Crippen LogP contribution in [-0.4, -0.2) is 33.8 Å². The molecule has 4 atom stereocenters. The van der Waals surface area contributed by atoms with Gasteiger partial charge in [0, 0.05) is 0 Å². The van der Waals surface area contributed by atoms with E-state index < -0.39 is 23.6 Å². The predicted octanol–water partition coefficient (Wildman–Crippen LogP) is 2.01. The average Bonchev–Trinajstić information content (AvgIpc) is 2.63. The van der Waals surface area contributed by atoms with E-state index in [1.165, 1.54) is 0 Å². The third-order valence-electron chi connectivity index (χ3n) is 3.55. The van der Waals surface area contributed by atoms with Gasteiger partial charge >= 0.3 is 0 Å². The molecule has 0 bridgehead atoms. The van der Waals surface area contributed by atoms with Gasteiger partial charge in [-0.05, 0) is 33.3 Å². The summed E-state index contributed by atoms with van der Waals surface area (Å²) < 4.78 is 11.4. The highest BCUT2D eigenvalue weighted by Gasteiger charge is 2.51. The lowest BCUT2D eigenvalue weighted by Crippen LogP contribution is -2.49. The Balaban J connectivity index is 2.23. The van der Waals surface area contributed by atoms with Gasteiger partial charge < -0.3 is 19.7 Å². The average molecular weight is 266 g/mol. The van der Waals surface area contributed by atoms with Gasteiger partial charge in [0.1, 0.15) is 17.8 Å². The van der Waals surface area contributed by atoms with Crippen LogP contribution in [0.1, 0.15) is 39.4 Å². The first kappa shape index (κ1) is 14.5. The molecule has 1 heterocycles. The number of ether oxygens (including phenoxy) is 2. The van der Waals surface area contributed by atoms with Gasteiger partial charge in [0.2, 0.25) is 0 Å². The van der Waals surface area contributed by atoms with E-state index in [0.717, 1.165) is 0 Å². The summed E-state index contributed by atoms with van der Waals surface area (Å²) in [5.41, 5.74) is -0.762. The van der Waals surface area contributed by atoms with Crippen molar-refractivity contribution in [2.24, 2.45) is 0 Å². The summed E-state index contributed by atoms with van der Waals surface area (Å²) in [6.07, 6.45) is -1.90. The molecule has 4 nitrogen and oxygen atoms in total. The Morgan fingerprint density at radius 2 is 1.79 bits per heavy atom. The summed E-state index contributed by atoms with van der Waals surface area (Å²) in [7, 11) is 0. The van der Waals surface area contributed by atoms with E-state index in [4.69, 9.17) is 9.47 Å². The van der Waals surface area contributed by atoms with Crippen LogP contribution in [0.15, 0.2) is 30.3 Å². The Bertz CT molecular complexity index is 427. The zero-order valence-corrected chi connectivity index (χ0v) is 11.8. The lowest BCUT2D eigenvalue weighted by Gasteiger charge is -2.35. The van der Waals surface area contributed by atoms with Crippen LogP contribution in [0, 0.1) is 0 Å². The molecule has 0 unspecified atom stereocenters. The van der Waals surface area contributed by atoms with Gasteiger partial charge in [0.05, 0.1) is 6.10 Å². The molecule has 0 radical (unpaired) electrons. The standard InChI is InChI=1S/C15H22O4/c1-10-13(19-14(2,3)18-10)15(4,17)12(16)11-8-6-5-7-9-11/h5-10,12-13,16-17H,1-4H3/t10-,12+,13-,15-/m0/s1. The normalized spacial score (nSPS) is 30.8. The zero-order chi connectivity index (χ0) is 14.3. The number of hydrogen-bond donors (Lipinski definition) is 2. The summed E-state index contributed by atoms with van der Waals surface area (Å²) in [5, 5.41) is 21.1. The molecule has 1 aromatic carbocycles. The number of aliphatic hydroxyl groups excluding tert-OH is 1. The molecule has 4 heteroatoms. The van der Waals surface area contributed by atoms with Crippen LogP contribution in [0.4, 0.5) is 0 Å². The van der Waals surface area contributed by atoms with E-state index in [2.05, 4.69) is 0 Å². The Labute approximate surface area is 114 Å². The van der Waals surface area contributed by atoms with E-state index in [1.807, 2.05) is 25.1 Å². The Morgan fingerprint density at radius 3 is 2.26 bits per heavy atom. The van der Waals surface area contributed by atoms with Crippen molar-refractivity contribution in [3.05, 3.63) is 35.9 Å². The third kappa shape index (κ3) is 2.82. The van der Waals surface area contributed by atoms with Crippen LogP contribution in [-0.2, 0) is 9.47 Å². The van der Waals surface area contributed by atoms with Crippen LogP contribution in [0.2, 0.25) is 0 Å². The number of aliphatic hydroxyl groups is 2. The number of benzene rings is 1. The van der Waals surface area contributed by atoms with Crippen molar-refractivity contribution in [3.8, 4) is 0 Å². The fourth-order valence-electron chi connectivity index (χ4n) is 2.66. The first-order valence-electron chi connectivity index (χ1n) is 6.55. The van der Waals surface area contributed by atoms with Crippen molar-refractivity contribution in [1.29, 1.82) is 0 Å². The maximum Gasteiger partial charge on any atom is 0.163 e. The summed E-state index contributed by atoms with van der Waals surface area (Å²) in [6, 6.07) is 9.09. The molecule has 1 fully saturated rings. The second kappa shape index (κ2) is 4.87. The van der Waals surface area contributed by atoms with Crippen molar-refractivity contribution in [2.45, 2.75) is 57.4 Å². The lowest BCUT2D eigenvalue weighted by molar-refractivity contribution is -0.189. The maximum atomic E-state index is 10.7. The maximum absolute atomic E-state index is 10.7. The van der Waals surface area contributed by atoms with Gasteiger partial charge in [-0.15, -0.1) is 0 Å². The van der Waals surface area contributed by atoms with Crippen LogP contribution in [0.3, 0.4) is 0 Å². The molecule has 106 valence electrons. The lowest BCUT2D eigenvalue weighted by atomic mass is 9.85. The van der Waals surface area contributed by atoms with Gasteiger partial charge in [0.25, 0.3) is 0 Å². The molecular formula is C15H22O4. The van der Waals surface area contributed by atoms with Gasteiger partial charge in [0.15, 0.2) is 5.79 Å². The molecule has 0 aliphatic carbocycles. The van der Waals surface area contributed by atoms with Gasteiger partial charge in [-0.25, -0.2) is 0 Å². The SMILES string of the molecule is C[C@@H]1OC(C)(C)O[C@@H]1[C@@](C)(O)[C@H](O)c1ccccc1. The second-order valence-corrected chi connectivity index (χ2v) is 5.80. The fourth-order valence-corrected chi connectivity index (χ4v) is 2.66. The molecule has 0 saturated carbocycles. The minimum absolute atomic E-state index is 0.289. The van der Waals surface area contributed by atoms with Crippen molar-refractivity contribution >= 4 is 0 Å². The molecule has 1 aliphatic heterocycles. The highest BCUT2D eigenvalue weighted by Crippen LogP contribution is 2.39. The summed E-state index contributed by atoms with van der Waals surface area (Å²) in [5.74, 6) is -0.746. The van der Waals surface area contributed by atoms with E-state index in [9.17, 15) is 10.2 Å².